The molecule has 4 nitrogen and oxygen atoms in total. The standard InChI is InChI=1S/C27H31ClF2N4S/c1-35(24-12-14-33(15-13-24)22-5-3-6-22)34(23-7-2-4-21(28)16-23)18-19-8-10-20(11-9-19)25-17-26(27(29)30)32-31-25/h2,4,7-11,16,22,24,27H,1,3,5-6,12-15,17-18H2. The SMILES string of the molecule is C=S(C1CCN(C2CCC2)CC1)N(Cc1ccc(C2=NN=C(C(F)F)C2)cc1)c1cccc(Cl)c1. The second kappa shape index (κ2) is 10.9. The maximum atomic E-state index is 12.9. The van der Waals surface area contributed by atoms with Gasteiger partial charge in [-0.25, -0.2) is 8.78 Å². The second-order valence-corrected chi connectivity index (χ2v) is 11.9. The predicted molar refractivity (Wildman–Crippen MR) is 146 cm³/mol. The van der Waals surface area contributed by atoms with Crippen LogP contribution in [0.5, 0.6) is 0 Å². The Kier molecular flexibility index (Phi) is 7.65. The summed E-state index contributed by atoms with van der Waals surface area (Å²) in [5.41, 5.74) is 3.47. The number of hydrogen-bond acceptors (Lipinski definition) is 4. The number of piperidine rings is 1. The third-order valence-electron chi connectivity index (χ3n) is 7.34. The minimum Gasteiger partial charge on any atom is -0.318 e. The average molecular weight is 517 g/mol. The number of likely N-dealkylation sites (tertiary alicyclic amines) is 1. The molecule has 0 amide bonds. The average Bonchev–Trinajstić information content (AvgIpc) is 3.33. The van der Waals surface area contributed by atoms with E-state index < -0.39 is 6.43 Å². The number of hydrogen-bond donors (Lipinski definition) is 0. The molecule has 0 aromatic heterocycles. The van der Waals surface area contributed by atoms with Gasteiger partial charge in [0.15, 0.2) is 0 Å². The first kappa shape index (κ1) is 24.6. The quantitative estimate of drug-likeness (QED) is 0.361. The molecule has 5 rings (SSSR count). The highest BCUT2D eigenvalue weighted by molar-refractivity contribution is 8.15. The molecule has 35 heavy (non-hydrogen) atoms. The van der Waals surface area contributed by atoms with Crippen molar-refractivity contribution >= 4 is 45.3 Å². The van der Waals surface area contributed by atoms with E-state index >= 15 is 0 Å². The van der Waals surface area contributed by atoms with E-state index in [4.69, 9.17) is 11.6 Å². The third kappa shape index (κ3) is 5.68. The summed E-state index contributed by atoms with van der Waals surface area (Å²) in [5, 5.41) is 8.86. The Hall–Kier alpha value is -2.09. The molecule has 2 aliphatic heterocycles. The number of alkyl halides is 2. The summed E-state index contributed by atoms with van der Waals surface area (Å²) in [5.74, 6) is 4.66. The monoisotopic (exact) mass is 516 g/mol. The minimum atomic E-state index is -2.56. The van der Waals surface area contributed by atoms with Gasteiger partial charge in [-0.15, -0.1) is 0 Å². The molecule has 1 saturated carbocycles. The van der Waals surface area contributed by atoms with Gasteiger partial charge in [-0.05, 0) is 68.1 Å². The molecule has 2 fully saturated rings. The zero-order chi connectivity index (χ0) is 24.4. The van der Waals surface area contributed by atoms with E-state index in [0.717, 1.165) is 35.9 Å². The van der Waals surface area contributed by atoms with Crippen molar-refractivity contribution in [1.29, 1.82) is 0 Å². The van der Waals surface area contributed by atoms with Crippen LogP contribution in [-0.2, 0) is 6.54 Å². The molecule has 1 atom stereocenters. The van der Waals surface area contributed by atoms with Crippen LogP contribution in [0.1, 0.15) is 49.7 Å². The number of halogens is 3. The Morgan fingerprint density at radius 1 is 1.06 bits per heavy atom. The van der Waals surface area contributed by atoms with Crippen LogP contribution in [0, 0.1) is 0 Å². The van der Waals surface area contributed by atoms with Gasteiger partial charge in [-0.2, -0.15) is 10.2 Å². The van der Waals surface area contributed by atoms with Crippen LogP contribution in [0.2, 0.25) is 5.02 Å². The van der Waals surface area contributed by atoms with E-state index in [2.05, 4.69) is 31.3 Å². The van der Waals surface area contributed by atoms with Crippen LogP contribution in [-0.4, -0.2) is 53.0 Å². The highest BCUT2D eigenvalue weighted by Gasteiger charge is 2.30. The smallest absolute Gasteiger partial charge is 0.278 e. The van der Waals surface area contributed by atoms with Crippen LogP contribution in [0.25, 0.3) is 0 Å². The lowest BCUT2D eigenvalue weighted by Crippen LogP contribution is -2.46. The van der Waals surface area contributed by atoms with Gasteiger partial charge in [-0.1, -0.05) is 64.9 Å². The molecule has 2 heterocycles. The number of nitrogens with zero attached hydrogens (tertiary/aromatic N) is 4. The largest absolute Gasteiger partial charge is 0.318 e. The zero-order valence-corrected chi connectivity index (χ0v) is 21.3. The van der Waals surface area contributed by atoms with Crippen molar-refractivity contribution in [2.75, 3.05) is 17.4 Å². The number of rotatable bonds is 8. The molecule has 1 saturated heterocycles. The Morgan fingerprint density at radius 2 is 1.80 bits per heavy atom. The normalized spacial score (nSPS) is 20.5. The molecule has 0 bridgehead atoms. The molecule has 2 aromatic rings. The maximum Gasteiger partial charge on any atom is 0.278 e. The first-order valence-corrected chi connectivity index (χ1v) is 14.1. The van der Waals surface area contributed by atoms with E-state index in [1.807, 2.05) is 42.5 Å². The van der Waals surface area contributed by atoms with Crippen molar-refractivity contribution in [2.45, 2.75) is 62.8 Å². The summed E-state index contributed by atoms with van der Waals surface area (Å²) >= 11 is 6.36. The molecule has 3 aliphatic rings. The lowest BCUT2D eigenvalue weighted by atomic mass is 9.90. The van der Waals surface area contributed by atoms with Gasteiger partial charge < -0.3 is 9.21 Å². The van der Waals surface area contributed by atoms with Gasteiger partial charge in [0, 0.05) is 28.4 Å². The van der Waals surface area contributed by atoms with E-state index in [-0.39, 0.29) is 22.8 Å². The van der Waals surface area contributed by atoms with Gasteiger partial charge in [0.05, 0.1) is 12.3 Å². The first-order chi connectivity index (χ1) is 17.0. The molecule has 2 aromatic carbocycles. The lowest BCUT2D eigenvalue weighted by Gasteiger charge is -2.43. The summed E-state index contributed by atoms with van der Waals surface area (Å²) in [6.07, 6.45) is 3.97. The van der Waals surface area contributed by atoms with Crippen LogP contribution in [0.3, 0.4) is 0 Å². The van der Waals surface area contributed by atoms with Crippen molar-refractivity contribution in [3.05, 3.63) is 64.7 Å². The Morgan fingerprint density at radius 3 is 2.40 bits per heavy atom. The molecular formula is C27H31ClF2N4S. The highest BCUT2D eigenvalue weighted by atomic mass is 35.5. The van der Waals surface area contributed by atoms with E-state index in [1.54, 1.807) is 0 Å². The van der Waals surface area contributed by atoms with Crippen LogP contribution >= 0.6 is 22.3 Å². The van der Waals surface area contributed by atoms with Crippen molar-refractivity contribution < 1.29 is 8.78 Å². The van der Waals surface area contributed by atoms with Gasteiger partial charge in [0.25, 0.3) is 6.43 Å². The maximum absolute atomic E-state index is 12.9. The highest BCUT2D eigenvalue weighted by Crippen LogP contribution is 2.39. The minimum absolute atomic E-state index is 0.105. The topological polar surface area (TPSA) is 31.2 Å². The fourth-order valence-electron chi connectivity index (χ4n) is 5.00. The lowest BCUT2D eigenvalue weighted by molar-refractivity contribution is 0.107. The van der Waals surface area contributed by atoms with E-state index in [1.165, 1.54) is 32.1 Å². The van der Waals surface area contributed by atoms with Gasteiger partial charge in [0.1, 0.15) is 5.71 Å². The molecule has 186 valence electrons. The number of anilines is 1. The van der Waals surface area contributed by atoms with Gasteiger partial charge in [-0.3, -0.25) is 0 Å². The summed E-state index contributed by atoms with van der Waals surface area (Å²) in [7, 11) is -0.211. The molecule has 8 heteroatoms. The molecule has 1 aliphatic carbocycles. The van der Waals surface area contributed by atoms with Crippen molar-refractivity contribution in [2.24, 2.45) is 10.2 Å². The van der Waals surface area contributed by atoms with E-state index in [0.29, 0.717) is 22.5 Å². The van der Waals surface area contributed by atoms with E-state index in [9.17, 15) is 8.78 Å². The Bertz CT molecular complexity index is 1120. The van der Waals surface area contributed by atoms with Crippen molar-refractivity contribution in [3.8, 4) is 0 Å². The summed E-state index contributed by atoms with van der Waals surface area (Å²) in [4.78, 5) is 2.68. The van der Waals surface area contributed by atoms with Crippen molar-refractivity contribution in [1.82, 2.24) is 4.90 Å². The summed E-state index contributed by atoms with van der Waals surface area (Å²) in [6, 6.07) is 16.8. The summed E-state index contributed by atoms with van der Waals surface area (Å²) < 4.78 is 28.2. The van der Waals surface area contributed by atoms with Crippen LogP contribution in [0.4, 0.5) is 14.5 Å². The molecule has 0 N–H and O–H groups in total. The number of benzene rings is 2. The van der Waals surface area contributed by atoms with Gasteiger partial charge in [0.2, 0.25) is 0 Å². The molecule has 0 spiro atoms. The molecule has 0 radical (unpaired) electrons. The fraction of sp³-hybridized carbons (Fsp3) is 0.444. The zero-order valence-electron chi connectivity index (χ0n) is 19.8. The molecule has 1 unspecified atom stereocenters. The van der Waals surface area contributed by atoms with Crippen LogP contribution < -0.4 is 4.31 Å². The fourth-order valence-corrected chi connectivity index (χ4v) is 7.00. The van der Waals surface area contributed by atoms with Gasteiger partial charge >= 0.3 is 0 Å². The summed E-state index contributed by atoms with van der Waals surface area (Å²) in [6.45, 7) is 3.04. The second-order valence-electron chi connectivity index (χ2n) is 9.55. The Balaban J connectivity index is 1.29. The first-order valence-electron chi connectivity index (χ1n) is 12.3. The molecular weight excluding hydrogens is 486 g/mol. The Labute approximate surface area is 213 Å². The third-order valence-corrected chi connectivity index (χ3v) is 9.73. The van der Waals surface area contributed by atoms with Crippen LogP contribution in [0.15, 0.2) is 58.7 Å². The predicted octanol–water partition coefficient (Wildman–Crippen LogP) is 6.79. The van der Waals surface area contributed by atoms with Crippen molar-refractivity contribution in [3.63, 3.8) is 0 Å².